The van der Waals surface area contributed by atoms with Crippen LogP contribution in [0.5, 0.6) is 5.75 Å². The van der Waals surface area contributed by atoms with Gasteiger partial charge in [0, 0.05) is 5.39 Å². The molecule has 3 rings (SSSR count). The fourth-order valence-electron chi connectivity index (χ4n) is 1.99. The zero-order chi connectivity index (χ0) is 14.8. The van der Waals surface area contributed by atoms with Crippen molar-refractivity contribution in [3.8, 4) is 5.75 Å². The zero-order valence-electron chi connectivity index (χ0n) is 10.8. The molecular weight excluding hydrogens is 340 g/mol. The molecule has 106 valence electrons. The number of hydrogen-bond acceptors (Lipinski definition) is 2. The van der Waals surface area contributed by atoms with E-state index in [9.17, 15) is 8.78 Å². The number of hydrogen-bond donors (Lipinski definition) is 0. The van der Waals surface area contributed by atoms with Gasteiger partial charge in [-0.15, -0.1) is 0 Å². The van der Waals surface area contributed by atoms with Crippen molar-refractivity contribution in [1.29, 1.82) is 0 Å². The number of nitrogens with zero attached hydrogens (tertiary/aromatic N) is 1. The molecule has 2 aromatic carbocycles. The van der Waals surface area contributed by atoms with Crippen molar-refractivity contribution in [3.63, 3.8) is 0 Å². The lowest BCUT2D eigenvalue weighted by Gasteiger charge is -2.09. The maximum atomic E-state index is 13.8. The molecule has 0 aliphatic carbocycles. The second-order valence-electron chi connectivity index (χ2n) is 4.47. The van der Waals surface area contributed by atoms with E-state index in [4.69, 9.17) is 4.74 Å². The van der Waals surface area contributed by atoms with Gasteiger partial charge in [0.15, 0.2) is 0 Å². The SMILES string of the molecule is Fc1ccc(Br)c(F)c1COc1cnc2ccccc2c1. The van der Waals surface area contributed by atoms with Crippen LogP contribution in [0.4, 0.5) is 8.78 Å². The molecule has 0 radical (unpaired) electrons. The molecule has 1 aromatic heterocycles. The molecule has 5 heteroatoms. The minimum Gasteiger partial charge on any atom is -0.487 e. The number of fused-ring (bicyclic) bond motifs is 1. The zero-order valence-corrected chi connectivity index (χ0v) is 12.4. The molecule has 21 heavy (non-hydrogen) atoms. The lowest BCUT2D eigenvalue weighted by atomic mass is 10.2. The Balaban J connectivity index is 1.85. The Morgan fingerprint density at radius 1 is 1.10 bits per heavy atom. The summed E-state index contributed by atoms with van der Waals surface area (Å²) >= 11 is 3.03. The van der Waals surface area contributed by atoms with Crippen LogP contribution in [0, 0.1) is 11.6 Å². The van der Waals surface area contributed by atoms with Crippen LogP contribution in [0.3, 0.4) is 0 Å². The Kier molecular flexibility index (Phi) is 3.84. The Hall–Kier alpha value is -2.01. The molecule has 0 atom stereocenters. The maximum Gasteiger partial charge on any atom is 0.146 e. The van der Waals surface area contributed by atoms with Crippen molar-refractivity contribution in [2.75, 3.05) is 0 Å². The third kappa shape index (κ3) is 2.88. The Morgan fingerprint density at radius 2 is 1.90 bits per heavy atom. The molecule has 3 aromatic rings. The molecule has 0 amide bonds. The Morgan fingerprint density at radius 3 is 2.76 bits per heavy atom. The van der Waals surface area contributed by atoms with Gasteiger partial charge in [-0.3, -0.25) is 4.98 Å². The third-order valence-electron chi connectivity index (χ3n) is 3.09. The van der Waals surface area contributed by atoms with Crippen molar-refractivity contribution < 1.29 is 13.5 Å². The summed E-state index contributed by atoms with van der Waals surface area (Å²) in [4.78, 5) is 4.23. The normalized spacial score (nSPS) is 10.8. The molecule has 0 aliphatic rings. The number of benzene rings is 2. The second-order valence-corrected chi connectivity index (χ2v) is 5.33. The quantitative estimate of drug-likeness (QED) is 0.630. The van der Waals surface area contributed by atoms with Gasteiger partial charge in [-0.2, -0.15) is 0 Å². The van der Waals surface area contributed by atoms with E-state index in [1.807, 2.05) is 24.3 Å². The summed E-state index contributed by atoms with van der Waals surface area (Å²) in [5.41, 5.74) is 0.724. The minimum atomic E-state index is -0.649. The van der Waals surface area contributed by atoms with Gasteiger partial charge in [-0.05, 0) is 40.2 Å². The lowest BCUT2D eigenvalue weighted by molar-refractivity contribution is 0.291. The number of halogens is 3. The largest absolute Gasteiger partial charge is 0.487 e. The van der Waals surface area contributed by atoms with Crippen LogP contribution in [0.15, 0.2) is 53.1 Å². The molecule has 0 bridgehead atoms. The van der Waals surface area contributed by atoms with Gasteiger partial charge in [0.2, 0.25) is 0 Å². The van der Waals surface area contributed by atoms with Crippen molar-refractivity contribution in [3.05, 3.63) is 70.3 Å². The number of para-hydroxylation sites is 1. The van der Waals surface area contributed by atoms with Gasteiger partial charge in [0.25, 0.3) is 0 Å². The van der Waals surface area contributed by atoms with Crippen molar-refractivity contribution >= 4 is 26.8 Å². The Bertz CT molecular complexity index is 807. The van der Waals surface area contributed by atoms with E-state index in [0.717, 1.165) is 10.9 Å². The van der Waals surface area contributed by atoms with E-state index in [1.54, 1.807) is 6.07 Å². The van der Waals surface area contributed by atoms with Crippen LogP contribution in [0.1, 0.15) is 5.56 Å². The summed E-state index contributed by atoms with van der Waals surface area (Å²) in [6, 6.07) is 11.9. The lowest BCUT2D eigenvalue weighted by Crippen LogP contribution is -2.03. The predicted octanol–water partition coefficient (Wildman–Crippen LogP) is 4.85. The molecule has 0 saturated heterocycles. The number of ether oxygens (including phenoxy) is 1. The summed E-state index contributed by atoms with van der Waals surface area (Å²) in [6.07, 6.45) is 1.54. The molecule has 0 spiro atoms. The minimum absolute atomic E-state index is 0.113. The Labute approximate surface area is 128 Å². The fourth-order valence-corrected chi connectivity index (χ4v) is 2.36. The standard InChI is InChI=1S/C16H10BrF2NO/c17-13-5-6-14(18)12(16(13)19)9-21-11-7-10-3-1-2-4-15(10)20-8-11/h1-8H,9H2. The van der Waals surface area contributed by atoms with Crippen molar-refractivity contribution in [2.45, 2.75) is 6.61 Å². The molecule has 1 heterocycles. The monoisotopic (exact) mass is 349 g/mol. The summed E-state index contributed by atoms with van der Waals surface area (Å²) in [5.74, 6) is -0.819. The molecule has 0 fully saturated rings. The van der Waals surface area contributed by atoms with E-state index in [1.165, 1.54) is 18.3 Å². The third-order valence-corrected chi connectivity index (χ3v) is 3.70. The number of pyridine rings is 1. The average molecular weight is 350 g/mol. The molecule has 0 saturated carbocycles. The molecule has 0 unspecified atom stereocenters. The van der Waals surface area contributed by atoms with Crippen LogP contribution in [0.2, 0.25) is 0 Å². The highest BCUT2D eigenvalue weighted by atomic mass is 79.9. The summed E-state index contributed by atoms with van der Waals surface area (Å²) < 4.78 is 33.1. The number of aromatic nitrogens is 1. The second kappa shape index (κ2) is 5.77. The summed E-state index contributed by atoms with van der Waals surface area (Å²) in [6.45, 7) is -0.197. The summed E-state index contributed by atoms with van der Waals surface area (Å²) in [7, 11) is 0. The smallest absolute Gasteiger partial charge is 0.146 e. The van der Waals surface area contributed by atoms with Crippen molar-refractivity contribution in [2.24, 2.45) is 0 Å². The van der Waals surface area contributed by atoms with Crippen LogP contribution >= 0.6 is 15.9 Å². The van der Waals surface area contributed by atoms with Gasteiger partial charge >= 0.3 is 0 Å². The highest BCUT2D eigenvalue weighted by molar-refractivity contribution is 9.10. The van der Waals surface area contributed by atoms with Gasteiger partial charge in [0.05, 0.1) is 21.7 Å². The molecule has 0 N–H and O–H groups in total. The highest BCUT2D eigenvalue weighted by Gasteiger charge is 2.13. The van der Waals surface area contributed by atoms with Crippen molar-refractivity contribution in [1.82, 2.24) is 4.98 Å². The number of rotatable bonds is 3. The maximum absolute atomic E-state index is 13.8. The van der Waals surface area contributed by atoms with Gasteiger partial charge in [-0.25, -0.2) is 8.78 Å². The molecular formula is C16H10BrF2NO. The average Bonchev–Trinajstić information content (AvgIpc) is 2.51. The van der Waals surface area contributed by atoms with Gasteiger partial charge in [-0.1, -0.05) is 18.2 Å². The molecule has 0 aliphatic heterocycles. The van der Waals surface area contributed by atoms with Crippen LogP contribution in [-0.4, -0.2) is 4.98 Å². The van der Waals surface area contributed by atoms with E-state index in [-0.39, 0.29) is 16.6 Å². The fraction of sp³-hybridized carbons (Fsp3) is 0.0625. The summed E-state index contributed by atoms with van der Waals surface area (Å²) in [5, 5.41) is 0.908. The first-order valence-electron chi connectivity index (χ1n) is 6.25. The van der Waals surface area contributed by atoms with Crippen LogP contribution < -0.4 is 4.74 Å². The first-order chi connectivity index (χ1) is 10.1. The first kappa shape index (κ1) is 13.9. The van der Waals surface area contributed by atoms with E-state index in [0.29, 0.717) is 5.75 Å². The predicted molar refractivity (Wildman–Crippen MR) is 80.1 cm³/mol. The highest BCUT2D eigenvalue weighted by Crippen LogP contribution is 2.24. The van der Waals surface area contributed by atoms with Gasteiger partial charge < -0.3 is 4.74 Å². The van der Waals surface area contributed by atoms with E-state index >= 15 is 0 Å². The topological polar surface area (TPSA) is 22.1 Å². The first-order valence-corrected chi connectivity index (χ1v) is 7.04. The van der Waals surface area contributed by atoms with E-state index in [2.05, 4.69) is 20.9 Å². The van der Waals surface area contributed by atoms with Crippen LogP contribution in [0.25, 0.3) is 10.9 Å². The molecule has 2 nitrogen and oxygen atoms in total. The van der Waals surface area contributed by atoms with E-state index < -0.39 is 11.6 Å². The van der Waals surface area contributed by atoms with Gasteiger partial charge in [0.1, 0.15) is 24.0 Å². The van der Waals surface area contributed by atoms with Crippen LogP contribution in [-0.2, 0) is 6.61 Å².